The van der Waals surface area contributed by atoms with Gasteiger partial charge in [-0.3, -0.25) is 4.90 Å². The molecule has 1 aliphatic heterocycles. The van der Waals surface area contributed by atoms with Gasteiger partial charge in [0.15, 0.2) is 0 Å². The predicted octanol–water partition coefficient (Wildman–Crippen LogP) is 6.41. The van der Waals surface area contributed by atoms with Gasteiger partial charge in [0.1, 0.15) is 0 Å². The Morgan fingerprint density at radius 3 is 1.73 bits per heavy atom. The molecule has 0 bridgehead atoms. The van der Waals surface area contributed by atoms with Crippen LogP contribution in [-0.2, 0) is 0 Å². The first kappa shape index (κ1) is 18.1. The van der Waals surface area contributed by atoms with Crippen molar-refractivity contribution in [2.24, 2.45) is 0 Å². The number of hydrogen-bond donors (Lipinski definition) is 0. The van der Waals surface area contributed by atoms with E-state index in [9.17, 15) is 0 Å². The van der Waals surface area contributed by atoms with Crippen LogP contribution in [0.1, 0.15) is 68.4 Å². The number of fused-ring (bicyclic) bond motifs is 3. The molecule has 2 heteroatoms. The molecule has 3 aliphatic rings. The molecule has 2 fully saturated rings. The van der Waals surface area contributed by atoms with Crippen LogP contribution in [0.2, 0.25) is 0 Å². The smallest absolute Gasteiger partial charge is 0.0319 e. The maximum Gasteiger partial charge on any atom is 0.0319 e. The molecule has 0 aromatic heterocycles. The van der Waals surface area contributed by atoms with Crippen molar-refractivity contribution in [3.8, 4) is 11.1 Å². The van der Waals surface area contributed by atoms with Crippen LogP contribution in [-0.4, -0.2) is 23.5 Å². The van der Waals surface area contributed by atoms with E-state index in [1.165, 1.54) is 75.6 Å². The van der Waals surface area contributed by atoms with Gasteiger partial charge in [0, 0.05) is 11.5 Å². The van der Waals surface area contributed by atoms with Crippen LogP contribution in [0.4, 0.5) is 0 Å². The molecule has 2 aromatic rings. The third-order valence-electron chi connectivity index (χ3n) is 7.08. The van der Waals surface area contributed by atoms with Crippen molar-refractivity contribution in [1.82, 2.24) is 4.90 Å². The second kappa shape index (κ2) is 7.37. The van der Waals surface area contributed by atoms with Crippen molar-refractivity contribution in [3.63, 3.8) is 0 Å². The van der Waals surface area contributed by atoms with E-state index in [-0.39, 0.29) is 12.4 Å². The molecule has 1 heterocycles. The van der Waals surface area contributed by atoms with Gasteiger partial charge in [0.25, 0.3) is 0 Å². The third kappa shape index (κ3) is 2.72. The van der Waals surface area contributed by atoms with Gasteiger partial charge >= 0.3 is 0 Å². The van der Waals surface area contributed by atoms with Gasteiger partial charge in [-0.2, -0.15) is 0 Å². The highest BCUT2D eigenvalue weighted by Crippen LogP contribution is 2.55. The van der Waals surface area contributed by atoms with Crippen LogP contribution in [0, 0.1) is 0 Å². The summed E-state index contributed by atoms with van der Waals surface area (Å²) in [5.41, 5.74) is 6.52. The number of nitrogens with zero attached hydrogens (tertiary/aromatic N) is 1. The van der Waals surface area contributed by atoms with Gasteiger partial charge in [-0.25, -0.2) is 0 Å². The van der Waals surface area contributed by atoms with E-state index in [0.717, 1.165) is 0 Å². The molecular weight excluding hydrogens is 338 g/mol. The lowest BCUT2D eigenvalue weighted by Crippen LogP contribution is -2.55. The monoisotopic (exact) mass is 367 g/mol. The Kier molecular flexibility index (Phi) is 5.12. The molecular formula is C24H30ClN. The molecule has 1 nitrogen and oxygen atoms in total. The minimum atomic E-state index is 0. The molecule has 26 heavy (non-hydrogen) atoms. The molecule has 0 spiro atoms. The average molecular weight is 368 g/mol. The summed E-state index contributed by atoms with van der Waals surface area (Å²) in [5, 5.41) is 0. The van der Waals surface area contributed by atoms with Crippen LogP contribution in [0.5, 0.6) is 0 Å². The summed E-state index contributed by atoms with van der Waals surface area (Å²) in [7, 11) is 0. The quantitative estimate of drug-likeness (QED) is 0.592. The normalized spacial score (nSPS) is 22.3. The minimum Gasteiger partial charge on any atom is -0.297 e. The fourth-order valence-electron chi connectivity index (χ4n) is 6.03. The number of halogens is 1. The van der Waals surface area contributed by atoms with Gasteiger partial charge in [-0.1, -0.05) is 74.2 Å². The van der Waals surface area contributed by atoms with E-state index >= 15 is 0 Å². The van der Waals surface area contributed by atoms with E-state index < -0.39 is 0 Å². The molecule has 0 N–H and O–H groups in total. The molecule has 138 valence electrons. The SMILES string of the molecule is Cl.c1ccc2c(c1)-c1ccccc1C2C1(N2CCCCC2)CCCCC1. The summed E-state index contributed by atoms with van der Waals surface area (Å²) in [6, 6.07) is 18.5. The van der Waals surface area contributed by atoms with Crippen LogP contribution in [0.25, 0.3) is 11.1 Å². The lowest BCUT2D eigenvalue weighted by atomic mass is 9.67. The van der Waals surface area contributed by atoms with E-state index in [4.69, 9.17) is 0 Å². The van der Waals surface area contributed by atoms with E-state index in [1.807, 2.05) is 0 Å². The fraction of sp³-hybridized carbons (Fsp3) is 0.500. The lowest BCUT2D eigenvalue weighted by molar-refractivity contribution is 0.0211. The topological polar surface area (TPSA) is 3.24 Å². The highest BCUT2D eigenvalue weighted by molar-refractivity contribution is 5.85. The number of piperidine rings is 1. The molecule has 1 saturated heterocycles. The van der Waals surface area contributed by atoms with Crippen LogP contribution >= 0.6 is 12.4 Å². The Hall–Kier alpha value is -1.31. The number of benzene rings is 2. The van der Waals surface area contributed by atoms with Crippen LogP contribution in [0.15, 0.2) is 48.5 Å². The molecule has 0 radical (unpaired) electrons. The molecule has 1 saturated carbocycles. The number of hydrogen-bond acceptors (Lipinski definition) is 1. The van der Waals surface area contributed by atoms with Gasteiger partial charge in [-0.15, -0.1) is 12.4 Å². The zero-order chi connectivity index (χ0) is 16.7. The Morgan fingerprint density at radius 1 is 0.654 bits per heavy atom. The second-order valence-electron chi connectivity index (χ2n) is 8.32. The number of rotatable bonds is 2. The van der Waals surface area contributed by atoms with Crippen molar-refractivity contribution in [3.05, 3.63) is 59.7 Å². The average Bonchev–Trinajstić information content (AvgIpc) is 3.04. The second-order valence-corrected chi connectivity index (χ2v) is 8.32. The minimum absolute atomic E-state index is 0. The van der Waals surface area contributed by atoms with Crippen molar-refractivity contribution in [1.29, 1.82) is 0 Å². The highest BCUT2D eigenvalue weighted by atomic mass is 35.5. The summed E-state index contributed by atoms with van der Waals surface area (Å²) < 4.78 is 0. The van der Waals surface area contributed by atoms with Gasteiger partial charge < -0.3 is 0 Å². The molecule has 2 aromatic carbocycles. The first-order valence-corrected chi connectivity index (χ1v) is 10.3. The molecule has 5 rings (SSSR count). The first-order chi connectivity index (χ1) is 12.4. The molecule has 0 unspecified atom stereocenters. The standard InChI is InChI=1S/C24H29N.ClH/c1-7-15-24(16-8-1,25-17-9-2-10-18-25)23-21-13-5-3-11-19(21)20-12-4-6-14-22(20)23;/h3-6,11-14,23H,1-2,7-10,15-18H2;1H. The predicted molar refractivity (Wildman–Crippen MR) is 112 cm³/mol. The maximum atomic E-state index is 2.92. The zero-order valence-corrected chi connectivity index (χ0v) is 16.4. The summed E-state index contributed by atoms with van der Waals surface area (Å²) in [6.07, 6.45) is 11.2. The summed E-state index contributed by atoms with van der Waals surface area (Å²) in [6.45, 7) is 2.61. The van der Waals surface area contributed by atoms with E-state index in [0.29, 0.717) is 11.5 Å². The Balaban J connectivity index is 0.00000168. The third-order valence-corrected chi connectivity index (χ3v) is 7.08. The van der Waals surface area contributed by atoms with Gasteiger partial charge in [0.05, 0.1) is 0 Å². The molecule has 0 atom stereocenters. The molecule has 2 aliphatic carbocycles. The Morgan fingerprint density at radius 2 is 1.15 bits per heavy atom. The highest BCUT2D eigenvalue weighted by Gasteiger charge is 2.49. The van der Waals surface area contributed by atoms with Crippen molar-refractivity contribution in [2.45, 2.75) is 62.8 Å². The van der Waals surface area contributed by atoms with E-state index in [1.54, 1.807) is 11.1 Å². The zero-order valence-electron chi connectivity index (χ0n) is 15.6. The van der Waals surface area contributed by atoms with E-state index in [2.05, 4.69) is 53.4 Å². The maximum absolute atomic E-state index is 2.92. The Bertz CT molecular complexity index is 711. The lowest BCUT2D eigenvalue weighted by Gasteiger charge is -2.52. The van der Waals surface area contributed by atoms with Crippen LogP contribution < -0.4 is 0 Å². The largest absolute Gasteiger partial charge is 0.297 e. The Labute approximate surface area is 164 Å². The summed E-state index contributed by atoms with van der Waals surface area (Å²) in [5.74, 6) is 0.568. The molecule has 0 amide bonds. The van der Waals surface area contributed by atoms with Gasteiger partial charge in [0.2, 0.25) is 0 Å². The fourth-order valence-corrected chi connectivity index (χ4v) is 6.03. The first-order valence-electron chi connectivity index (χ1n) is 10.3. The summed E-state index contributed by atoms with van der Waals surface area (Å²) >= 11 is 0. The van der Waals surface area contributed by atoms with Gasteiger partial charge in [-0.05, 0) is 61.0 Å². The summed E-state index contributed by atoms with van der Waals surface area (Å²) in [4.78, 5) is 2.92. The van der Waals surface area contributed by atoms with Crippen molar-refractivity contribution in [2.75, 3.05) is 13.1 Å². The van der Waals surface area contributed by atoms with Crippen molar-refractivity contribution >= 4 is 12.4 Å². The van der Waals surface area contributed by atoms with Crippen LogP contribution in [0.3, 0.4) is 0 Å². The number of likely N-dealkylation sites (tertiary alicyclic amines) is 1. The van der Waals surface area contributed by atoms with Crippen molar-refractivity contribution < 1.29 is 0 Å².